The van der Waals surface area contributed by atoms with Crippen molar-refractivity contribution in [2.75, 3.05) is 0 Å². The Labute approximate surface area is 159 Å². The van der Waals surface area contributed by atoms with Crippen molar-refractivity contribution in [2.45, 2.75) is 81.5 Å². The van der Waals surface area contributed by atoms with E-state index in [-0.39, 0.29) is 0 Å². The van der Waals surface area contributed by atoms with Crippen LogP contribution in [0.4, 0.5) is 0 Å². The summed E-state index contributed by atoms with van der Waals surface area (Å²) in [5.74, 6) is 0. The molecule has 0 amide bonds. The van der Waals surface area contributed by atoms with Crippen LogP contribution in [-0.2, 0) is 6.42 Å². The van der Waals surface area contributed by atoms with E-state index >= 15 is 0 Å². The molecule has 2 heteroatoms. The molecule has 2 aromatic rings. The summed E-state index contributed by atoms with van der Waals surface area (Å²) in [5, 5.41) is 4.91. The van der Waals surface area contributed by atoms with Gasteiger partial charge in [-0.25, -0.2) is 0 Å². The second-order valence-corrected chi connectivity index (χ2v) is 11.2. The molecule has 0 heterocycles. The van der Waals surface area contributed by atoms with Crippen LogP contribution in [0.1, 0.15) is 70.3 Å². The third-order valence-corrected chi connectivity index (χ3v) is 8.51. The third kappa shape index (κ3) is 7.97. The molecular formula is C23H35AsO. The molecule has 0 aromatic heterocycles. The fourth-order valence-corrected chi connectivity index (χ4v) is 6.30. The van der Waals surface area contributed by atoms with E-state index < -0.39 is 15.0 Å². The van der Waals surface area contributed by atoms with E-state index in [4.69, 9.17) is 0 Å². The van der Waals surface area contributed by atoms with Gasteiger partial charge in [0.2, 0.25) is 0 Å². The fraction of sp³-hybridized carbons (Fsp3) is 0.565. The van der Waals surface area contributed by atoms with Crippen LogP contribution >= 0.6 is 0 Å². The van der Waals surface area contributed by atoms with Crippen LogP contribution in [0.2, 0.25) is 10.4 Å². The second kappa shape index (κ2) is 12.6. The molecule has 0 saturated heterocycles. The van der Waals surface area contributed by atoms with Gasteiger partial charge in [-0.1, -0.05) is 0 Å². The first-order valence-corrected chi connectivity index (χ1v) is 13.7. The zero-order valence-electron chi connectivity index (χ0n) is 15.9. The van der Waals surface area contributed by atoms with Crippen molar-refractivity contribution >= 4 is 25.8 Å². The van der Waals surface area contributed by atoms with Crippen molar-refractivity contribution in [3.05, 3.63) is 48.0 Å². The third-order valence-electron chi connectivity index (χ3n) is 5.01. The van der Waals surface area contributed by atoms with Gasteiger partial charge in [0, 0.05) is 0 Å². The summed E-state index contributed by atoms with van der Waals surface area (Å²) in [6.45, 7) is 2.27. The number of fused-ring (bicyclic) bond motifs is 1. The van der Waals surface area contributed by atoms with Gasteiger partial charge in [-0.2, -0.15) is 0 Å². The Hall–Kier alpha value is -0.782. The molecular weight excluding hydrogens is 367 g/mol. The Balaban J connectivity index is 1.57. The average Bonchev–Trinajstić information content (AvgIpc) is 2.64. The molecule has 0 aliphatic carbocycles. The van der Waals surface area contributed by atoms with Crippen molar-refractivity contribution in [3.63, 3.8) is 0 Å². The van der Waals surface area contributed by atoms with E-state index in [0.717, 1.165) is 23.3 Å². The minimum atomic E-state index is -1.54. The van der Waals surface area contributed by atoms with E-state index in [0.29, 0.717) is 0 Å². The van der Waals surface area contributed by atoms with Gasteiger partial charge < -0.3 is 0 Å². The van der Waals surface area contributed by atoms with Crippen molar-refractivity contribution in [2.24, 2.45) is 0 Å². The summed E-state index contributed by atoms with van der Waals surface area (Å²) >= 11 is -1.54. The van der Waals surface area contributed by atoms with Crippen molar-refractivity contribution in [3.8, 4) is 0 Å². The normalized spacial score (nSPS) is 12.6. The number of unbranched alkanes of at least 4 members (excludes halogenated alkanes) is 7. The molecule has 1 atom stereocenters. The standard InChI is InChI=1S/C23H35AsO/c1-2-3-4-5-6-7-8-11-19-24(25)20-13-17-22-16-12-15-21-14-9-10-18-23(21)22/h9-10,12,14-16,18,25H,2-8,11,13,17,19-20H2,1H3. The predicted molar refractivity (Wildman–Crippen MR) is 112 cm³/mol. The molecule has 0 spiro atoms. The predicted octanol–water partition coefficient (Wildman–Crippen LogP) is 6.90. The summed E-state index contributed by atoms with van der Waals surface area (Å²) in [5.41, 5.74) is 1.44. The first-order chi connectivity index (χ1) is 12.3. The second-order valence-electron chi connectivity index (χ2n) is 7.17. The van der Waals surface area contributed by atoms with Gasteiger partial charge in [0.25, 0.3) is 0 Å². The summed E-state index contributed by atoms with van der Waals surface area (Å²) < 4.78 is 10.4. The number of benzene rings is 2. The molecule has 0 aliphatic rings. The summed E-state index contributed by atoms with van der Waals surface area (Å²) in [6.07, 6.45) is 13.1. The first kappa shape index (κ1) is 20.5. The van der Waals surface area contributed by atoms with Gasteiger partial charge in [-0.05, 0) is 0 Å². The van der Waals surface area contributed by atoms with E-state index in [1.54, 1.807) is 0 Å². The molecule has 1 N–H and O–H groups in total. The van der Waals surface area contributed by atoms with Crippen LogP contribution in [0.5, 0.6) is 0 Å². The monoisotopic (exact) mass is 402 g/mol. The zero-order chi connectivity index (χ0) is 17.7. The van der Waals surface area contributed by atoms with E-state index in [1.165, 1.54) is 67.7 Å². The van der Waals surface area contributed by atoms with Gasteiger partial charge in [0.15, 0.2) is 0 Å². The molecule has 2 aromatic carbocycles. The van der Waals surface area contributed by atoms with Crippen LogP contribution in [0.25, 0.3) is 10.8 Å². The Morgan fingerprint density at radius 1 is 0.720 bits per heavy atom. The van der Waals surface area contributed by atoms with Gasteiger partial charge in [-0.15, -0.1) is 0 Å². The fourth-order valence-electron chi connectivity index (χ4n) is 3.50. The van der Waals surface area contributed by atoms with Gasteiger partial charge in [0.1, 0.15) is 0 Å². The van der Waals surface area contributed by atoms with Crippen molar-refractivity contribution in [1.29, 1.82) is 0 Å². The number of rotatable bonds is 13. The van der Waals surface area contributed by atoms with Crippen LogP contribution in [0.3, 0.4) is 0 Å². The quantitative estimate of drug-likeness (QED) is 0.285. The summed E-state index contributed by atoms with van der Waals surface area (Å²) in [4.78, 5) is 0. The molecule has 0 bridgehead atoms. The molecule has 0 saturated carbocycles. The zero-order valence-corrected chi connectivity index (χ0v) is 17.8. The molecule has 138 valence electrons. The van der Waals surface area contributed by atoms with Crippen LogP contribution in [0.15, 0.2) is 42.5 Å². The summed E-state index contributed by atoms with van der Waals surface area (Å²) in [6, 6.07) is 15.2. The maximum absolute atomic E-state index is 10.4. The molecule has 0 fully saturated rings. The number of hydrogen-bond donors (Lipinski definition) is 1. The van der Waals surface area contributed by atoms with Gasteiger partial charge in [0.05, 0.1) is 0 Å². The van der Waals surface area contributed by atoms with Crippen LogP contribution in [0, 0.1) is 0 Å². The molecule has 0 aliphatic heterocycles. The molecule has 1 nitrogen and oxygen atoms in total. The Bertz CT molecular complexity index is 590. The Kier molecular flexibility index (Phi) is 10.3. The van der Waals surface area contributed by atoms with Crippen molar-refractivity contribution < 1.29 is 4.10 Å². The van der Waals surface area contributed by atoms with E-state index in [2.05, 4.69) is 49.4 Å². The molecule has 2 rings (SSSR count). The minimum absolute atomic E-state index is 1.08. The molecule has 25 heavy (non-hydrogen) atoms. The molecule has 1 unspecified atom stereocenters. The van der Waals surface area contributed by atoms with Crippen LogP contribution in [-0.4, -0.2) is 19.1 Å². The van der Waals surface area contributed by atoms with E-state index in [1.807, 2.05) is 0 Å². The number of hydrogen-bond acceptors (Lipinski definition) is 1. The topological polar surface area (TPSA) is 20.2 Å². The van der Waals surface area contributed by atoms with Gasteiger partial charge >= 0.3 is 159 Å². The SMILES string of the molecule is CCCCCCCCCC[As](O)CCCc1cccc2ccccc12. The number of aryl methyl sites for hydroxylation is 1. The van der Waals surface area contributed by atoms with Gasteiger partial charge in [-0.3, -0.25) is 0 Å². The first-order valence-electron chi connectivity index (χ1n) is 10.2. The maximum atomic E-state index is 10.4. The molecule has 0 radical (unpaired) electrons. The average molecular weight is 402 g/mol. The Morgan fingerprint density at radius 3 is 2.16 bits per heavy atom. The Morgan fingerprint density at radius 2 is 1.36 bits per heavy atom. The summed E-state index contributed by atoms with van der Waals surface area (Å²) in [7, 11) is 0. The van der Waals surface area contributed by atoms with Crippen LogP contribution < -0.4 is 0 Å². The van der Waals surface area contributed by atoms with Crippen molar-refractivity contribution in [1.82, 2.24) is 0 Å². The van der Waals surface area contributed by atoms with E-state index in [9.17, 15) is 4.10 Å².